The summed E-state index contributed by atoms with van der Waals surface area (Å²) in [5, 5.41) is 2.74. The van der Waals surface area contributed by atoms with Gasteiger partial charge in [-0.25, -0.2) is 5.43 Å². The van der Waals surface area contributed by atoms with Gasteiger partial charge in [0.25, 0.3) is 5.91 Å². The molecule has 6 heteroatoms. The minimum atomic E-state index is 0.116. The lowest BCUT2D eigenvalue weighted by molar-refractivity contribution is 0.0695. The summed E-state index contributed by atoms with van der Waals surface area (Å²) >= 11 is 6.33. The van der Waals surface area contributed by atoms with E-state index in [9.17, 15) is 4.79 Å². The van der Waals surface area contributed by atoms with Crippen LogP contribution in [0.3, 0.4) is 0 Å². The molecule has 0 spiro atoms. The number of hydrogen-bond acceptors (Lipinski definition) is 4. The van der Waals surface area contributed by atoms with E-state index in [1.165, 1.54) is 12.8 Å². The van der Waals surface area contributed by atoms with Crippen molar-refractivity contribution in [1.82, 2.24) is 15.3 Å². The maximum atomic E-state index is 12.8. The van der Waals surface area contributed by atoms with Crippen molar-refractivity contribution in [3.63, 3.8) is 0 Å². The second-order valence-electron chi connectivity index (χ2n) is 7.02. The fourth-order valence-corrected chi connectivity index (χ4v) is 4.05. The van der Waals surface area contributed by atoms with Crippen molar-refractivity contribution in [3.05, 3.63) is 39.9 Å². The van der Waals surface area contributed by atoms with Crippen molar-refractivity contribution < 1.29 is 4.79 Å². The third-order valence-electron chi connectivity index (χ3n) is 5.29. The average Bonchev–Trinajstić information content (AvgIpc) is 3.26. The van der Waals surface area contributed by atoms with E-state index in [1.807, 2.05) is 29.1 Å². The van der Waals surface area contributed by atoms with E-state index in [0.29, 0.717) is 19.6 Å². The van der Waals surface area contributed by atoms with Gasteiger partial charge in [0, 0.05) is 37.3 Å². The Morgan fingerprint density at radius 1 is 1.42 bits per heavy atom. The monoisotopic (exact) mass is 346 g/mol. The first-order valence-electron chi connectivity index (χ1n) is 8.58. The molecule has 0 unspecified atom stereocenters. The molecule has 3 N–H and O–H groups in total. The second-order valence-corrected chi connectivity index (χ2v) is 7.48. The third-order valence-corrected chi connectivity index (χ3v) is 5.60. The van der Waals surface area contributed by atoms with E-state index in [-0.39, 0.29) is 11.9 Å². The number of carbonyl (C=O) groups is 1. The van der Waals surface area contributed by atoms with Crippen LogP contribution in [-0.2, 0) is 6.54 Å². The zero-order valence-corrected chi connectivity index (χ0v) is 14.6. The number of nitrogens with two attached hydrogens (primary N) is 1. The quantitative estimate of drug-likeness (QED) is 0.857. The van der Waals surface area contributed by atoms with Gasteiger partial charge in [0.05, 0.1) is 17.3 Å². The van der Waals surface area contributed by atoms with Crippen molar-refractivity contribution in [2.45, 2.75) is 31.8 Å². The molecule has 1 atom stereocenters. The fourth-order valence-electron chi connectivity index (χ4n) is 3.76. The lowest BCUT2D eigenvalue weighted by atomic mass is 10.0. The highest BCUT2D eigenvalue weighted by molar-refractivity contribution is 6.33. The molecule has 3 aliphatic rings. The molecule has 0 radical (unpaired) electrons. The number of carbonyl (C=O) groups excluding carboxylic acids is 1. The Morgan fingerprint density at radius 3 is 2.83 bits per heavy atom. The van der Waals surface area contributed by atoms with E-state index in [2.05, 4.69) is 11.5 Å². The minimum absolute atomic E-state index is 0.116. The van der Waals surface area contributed by atoms with Crippen molar-refractivity contribution in [3.8, 4) is 0 Å². The van der Waals surface area contributed by atoms with Crippen LogP contribution in [0.2, 0.25) is 0 Å². The normalized spacial score (nSPS) is 21.7. The predicted molar refractivity (Wildman–Crippen MR) is 95.0 cm³/mol. The lowest BCUT2D eigenvalue weighted by Crippen LogP contribution is -2.41. The number of rotatable bonds is 5. The smallest absolute Gasteiger partial charge is 0.254 e. The summed E-state index contributed by atoms with van der Waals surface area (Å²) in [6.45, 7) is 1.83. The number of hydrazine groups is 1. The van der Waals surface area contributed by atoms with Crippen molar-refractivity contribution in [2.24, 2.45) is 11.7 Å². The summed E-state index contributed by atoms with van der Waals surface area (Å²) in [5.74, 6) is 0.874. The van der Waals surface area contributed by atoms with Crippen molar-refractivity contribution in [1.29, 1.82) is 0 Å². The summed E-state index contributed by atoms with van der Waals surface area (Å²) in [5.41, 5.74) is 13.1. The van der Waals surface area contributed by atoms with Crippen LogP contribution < -0.4 is 11.2 Å². The highest BCUT2D eigenvalue weighted by Crippen LogP contribution is 2.37. The van der Waals surface area contributed by atoms with Crippen LogP contribution >= 0.6 is 11.6 Å². The van der Waals surface area contributed by atoms with Gasteiger partial charge >= 0.3 is 0 Å². The maximum absolute atomic E-state index is 12.8. The maximum Gasteiger partial charge on any atom is 0.254 e. The van der Waals surface area contributed by atoms with Crippen molar-refractivity contribution >= 4 is 23.2 Å². The van der Waals surface area contributed by atoms with Crippen LogP contribution in [-0.4, -0.2) is 42.0 Å². The topological polar surface area (TPSA) is 61.6 Å². The van der Waals surface area contributed by atoms with E-state index < -0.39 is 0 Å². The fraction of sp³-hybridized carbons (Fsp3) is 0.500. The second kappa shape index (κ2) is 6.06. The molecular weight excluding hydrogens is 324 g/mol. The Labute approximate surface area is 147 Å². The molecule has 128 valence electrons. The van der Waals surface area contributed by atoms with Crippen LogP contribution in [0.1, 0.15) is 40.7 Å². The molecular formula is C18H23ClN4O. The van der Waals surface area contributed by atoms with Crippen LogP contribution in [0.4, 0.5) is 0 Å². The molecule has 1 aromatic carbocycles. The van der Waals surface area contributed by atoms with Gasteiger partial charge in [-0.3, -0.25) is 4.79 Å². The van der Waals surface area contributed by atoms with E-state index in [1.54, 1.807) is 0 Å². The van der Waals surface area contributed by atoms with Crippen LogP contribution in [0.5, 0.6) is 0 Å². The molecule has 1 fully saturated rings. The zero-order chi connectivity index (χ0) is 16.8. The SMILES string of the molecule is CN1NCC(Cl)=C1c1ccc2c(c1)CN([C@H](CN)CC1CC1)C2=O. The summed E-state index contributed by atoms with van der Waals surface area (Å²) in [4.78, 5) is 14.7. The molecule has 0 saturated heterocycles. The Bertz CT molecular complexity index is 713. The van der Waals surface area contributed by atoms with E-state index in [4.69, 9.17) is 17.3 Å². The molecule has 2 heterocycles. The average molecular weight is 347 g/mol. The van der Waals surface area contributed by atoms with Gasteiger partial charge in [-0.1, -0.05) is 30.5 Å². The predicted octanol–water partition coefficient (Wildman–Crippen LogP) is 2.13. The molecule has 1 saturated carbocycles. The Balaban J connectivity index is 1.60. The van der Waals surface area contributed by atoms with Gasteiger partial charge in [-0.15, -0.1) is 0 Å². The van der Waals surface area contributed by atoms with E-state index in [0.717, 1.165) is 39.8 Å². The Kier molecular flexibility index (Phi) is 4.03. The highest BCUT2D eigenvalue weighted by atomic mass is 35.5. The van der Waals surface area contributed by atoms with Crippen LogP contribution in [0.25, 0.3) is 5.70 Å². The first kappa shape index (κ1) is 15.9. The molecule has 1 amide bonds. The largest absolute Gasteiger partial charge is 0.330 e. The van der Waals surface area contributed by atoms with Gasteiger partial charge in [-0.05, 0) is 30.0 Å². The summed E-state index contributed by atoms with van der Waals surface area (Å²) in [7, 11) is 1.95. The Hall–Kier alpha value is -1.56. The molecule has 4 rings (SSSR count). The number of fused-ring (bicyclic) bond motifs is 1. The van der Waals surface area contributed by atoms with E-state index >= 15 is 0 Å². The summed E-state index contributed by atoms with van der Waals surface area (Å²) < 4.78 is 0. The zero-order valence-electron chi connectivity index (χ0n) is 13.9. The lowest BCUT2D eigenvalue weighted by Gasteiger charge is -2.26. The number of halogens is 1. The van der Waals surface area contributed by atoms with Gasteiger partial charge in [0.15, 0.2) is 0 Å². The molecule has 0 bridgehead atoms. The standard InChI is InChI=1S/C18H23ClN4O/c1-22-17(16(19)9-21-22)12-4-5-15-13(7-12)10-23(18(15)24)14(8-20)6-11-2-3-11/h4-5,7,11,14,21H,2-3,6,8-10,20H2,1H3/t14-/m0/s1. The van der Waals surface area contributed by atoms with Gasteiger partial charge in [0.2, 0.25) is 0 Å². The third kappa shape index (κ3) is 2.70. The molecule has 5 nitrogen and oxygen atoms in total. The van der Waals surface area contributed by atoms with Gasteiger partial charge < -0.3 is 15.6 Å². The number of benzene rings is 1. The molecule has 24 heavy (non-hydrogen) atoms. The molecule has 2 aliphatic heterocycles. The summed E-state index contributed by atoms with van der Waals surface area (Å²) in [6.07, 6.45) is 3.59. The first-order chi connectivity index (χ1) is 11.6. The summed E-state index contributed by atoms with van der Waals surface area (Å²) in [6, 6.07) is 6.17. The first-order valence-corrected chi connectivity index (χ1v) is 8.96. The molecule has 1 aromatic rings. The van der Waals surface area contributed by atoms with Gasteiger partial charge in [-0.2, -0.15) is 0 Å². The number of hydrogen-bond donors (Lipinski definition) is 2. The van der Waals surface area contributed by atoms with Crippen LogP contribution in [0.15, 0.2) is 23.2 Å². The van der Waals surface area contributed by atoms with Crippen LogP contribution in [0, 0.1) is 5.92 Å². The minimum Gasteiger partial charge on any atom is -0.330 e. The number of amides is 1. The van der Waals surface area contributed by atoms with Gasteiger partial charge in [0.1, 0.15) is 0 Å². The van der Waals surface area contributed by atoms with Crippen molar-refractivity contribution in [2.75, 3.05) is 20.1 Å². The molecule has 1 aliphatic carbocycles. The number of nitrogens with zero attached hydrogens (tertiary/aromatic N) is 2. The number of nitrogens with one attached hydrogen (secondary N) is 1. The Morgan fingerprint density at radius 2 is 2.21 bits per heavy atom. The highest BCUT2D eigenvalue weighted by Gasteiger charge is 2.35. The molecule has 0 aromatic heterocycles.